The van der Waals surface area contributed by atoms with Crippen LogP contribution in [0.1, 0.15) is 28.7 Å². The Kier molecular flexibility index (Phi) is 5.00. The zero-order chi connectivity index (χ0) is 20.6. The van der Waals surface area contributed by atoms with Gasteiger partial charge in [0.25, 0.3) is 5.56 Å². The van der Waals surface area contributed by atoms with Crippen LogP contribution in [0.2, 0.25) is 0 Å². The molecule has 146 valence electrons. The van der Waals surface area contributed by atoms with Crippen molar-refractivity contribution in [1.82, 2.24) is 18.7 Å². The van der Waals surface area contributed by atoms with Crippen molar-refractivity contribution in [2.75, 3.05) is 0 Å². The maximum Gasteiger partial charge on any atom is 0.344 e. The van der Waals surface area contributed by atoms with Crippen LogP contribution < -0.4 is 16.7 Å². The fourth-order valence-electron chi connectivity index (χ4n) is 2.88. The molecule has 9 heteroatoms. The lowest BCUT2D eigenvalue weighted by Crippen LogP contribution is -2.38. The molecule has 0 aliphatic heterocycles. The Morgan fingerprint density at radius 3 is 2.54 bits per heavy atom. The van der Waals surface area contributed by atoms with Gasteiger partial charge in [0.15, 0.2) is 0 Å². The van der Waals surface area contributed by atoms with Crippen LogP contribution in [0, 0.1) is 6.92 Å². The molecular weight excluding hydrogens is 364 g/mol. The van der Waals surface area contributed by atoms with Crippen LogP contribution in [0.25, 0.3) is 11.0 Å². The number of pyridine rings is 2. The molecule has 0 aromatic carbocycles. The van der Waals surface area contributed by atoms with Crippen LogP contribution in [-0.4, -0.2) is 24.7 Å². The highest BCUT2D eigenvalue weighted by atomic mass is 16.5. The average molecular weight is 384 g/mol. The van der Waals surface area contributed by atoms with E-state index in [2.05, 4.69) is 4.98 Å². The summed E-state index contributed by atoms with van der Waals surface area (Å²) in [4.78, 5) is 53.4. The highest BCUT2D eigenvalue weighted by Gasteiger charge is 2.18. The largest absolute Gasteiger partial charge is 0.456 e. The minimum atomic E-state index is -0.831. The summed E-state index contributed by atoms with van der Waals surface area (Å²) in [6, 6.07) is 4.55. The van der Waals surface area contributed by atoms with Gasteiger partial charge in [-0.05, 0) is 26.0 Å². The number of nitrogens with zero attached hydrogens (tertiary/aromatic N) is 4. The number of hydrogen-bond donors (Lipinski definition) is 0. The highest BCUT2D eigenvalue weighted by Crippen LogP contribution is 2.12. The summed E-state index contributed by atoms with van der Waals surface area (Å²) in [6.45, 7) is 3.90. The van der Waals surface area contributed by atoms with Crippen molar-refractivity contribution in [2.24, 2.45) is 14.1 Å². The summed E-state index contributed by atoms with van der Waals surface area (Å²) in [5.41, 5.74) is -0.151. The first-order valence-corrected chi connectivity index (χ1v) is 8.68. The predicted octanol–water partition coefficient (Wildman–Crippen LogP) is 0.479. The molecule has 9 nitrogen and oxygen atoms in total. The molecular formula is C19H20N4O5. The van der Waals surface area contributed by atoms with Crippen molar-refractivity contribution in [1.29, 1.82) is 0 Å². The molecule has 0 aliphatic carbocycles. The van der Waals surface area contributed by atoms with Crippen LogP contribution in [0.4, 0.5) is 0 Å². The fourth-order valence-corrected chi connectivity index (χ4v) is 2.88. The van der Waals surface area contributed by atoms with E-state index in [4.69, 9.17) is 4.74 Å². The first kappa shape index (κ1) is 19.3. The van der Waals surface area contributed by atoms with Gasteiger partial charge in [0.2, 0.25) is 5.43 Å². The SMILES string of the molecule is CCn1cc(C(=O)OCc2cc(=O)n(C)c(=O)n2C)c(=O)c2ccc(C)nc21. The van der Waals surface area contributed by atoms with Gasteiger partial charge in [-0.1, -0.05) is 0 Å². The van der Waals surface area contributed by atoms with Crippen LogP contribution in [0.5, 0.6) is 0 Å². The highest BCUT2D eigenvalue weighted by molar-refractivity contribution is 5.93. The minimum Gasteiger partial charge on any atom is -0.456 e. The fraction of sp³-hybridized carbons (Fsp3) is 0.316. The third kappa shape index (κ3) is 3.26. The zero-order valence-electron chi connectivity index (χ0n) is 16.1. The van der Waals surface area contributed by atoms with E-state index in [-0.39, 0.29) is 17.9 Å². The molecule has 3 rings (SSSR count). The van der Waals surface area contributed by atoms with Gasteiger partial charge < -0.3 is 9.30 Å². The maximum absolute atomic E-state index is 12.7. The van der Waals surface area contributed by atoms with E-state index in [1.807, 2.05) is 13.8 Å². The number of carbonyl (C=O) groups excluding carboxylic acids is 1. The Hall–Kier alpha value is -3.49. The van der Waals surface area contributed by atoms with Gasteiger partial charge in [-0.3, -0.25) is 18.7 Å². The van der Waals surface area contributed by atoms with E-state index in [0.717, 1.165) is 10.3 Å². The van der Waals surface area contributed by atoms with Gasteiger partial charge in [-0.15, -0.1) is 0 Å². The molecule has 0 saturated heterocycles. The molecule has 3 heterocycles. The molecule has 0 unspecified atom stereocenters. The number of carbonyl (C=O) groups is 1. The Labute approximate surface area is 159 Å². The summed E-state index contributed by atoms with van der Waals surface area (Å²) >= 11 is 0. The number of hydrogen-bond acceptors (Lipinski definition) is 6. The van der Waals surface area contributed by atoms with Gasteiger partial charge in [0, 0.05) is 38.6 Å². The van der Waals surface area contributed by atoms with Gasteiger partial charge in [-0.2, -0.15) is 0 Å². The lowest BCUT2D eigenvalue weighted by molar-refractivity contribution is 0.0460. The van der Waals surface area contributed by atoms with Crippen LogP contribution >= 0.6 is 0 Å². The lowest BCUT2D eigenvalue weighted by atomic mass is 10.2. The number of rotatable bonds is 4. The van der Waals surface area contributed by atoms with Crippen LogP contribution in [-0.2, 0) is 32.0 Å². The molecule has 3 aromatic heterocycles. The monoisotopic (exact) mass is 384 g/mol. The maximum atomic E-state index is 12.7. The first-order valence-electron chi connectivity index (χ1n) is 8.68. The summed E-state index contributed by atoms with van der Waals surface area (Å²) in [6.07, 6.45) is 1.42. The van der Waals surface area contributed by atoms with E-state index >= 15 is 0 Å². The standard InChI is InChI=1S/C19H20N4O5/c1-5-23-9-14(16(25)13-7-6-11(2)20-17(13)23)18(26)28-10-12-8-15(24)22(4)19(27)21(12)3/h6-9H,5,10H2,1-4H3. The Balaban J connectivity index is 1.98. The van der Waals surface area contributed by atoms with Crippen molar-refractivity contribution in [3.05, 3.63) is 72.4 Å². The van der Waals surface area contributed by atoms with Gasteiger partial charge >= 0.3 is 11.7 Å². The van der Waals surface area contributed by atoms with Crippen molar-refractivity contribution < 1.29 is 9.53 Å². The molecule has 0 fully saturated rings. The average Bonchev–Trinajstić information content (AvgIpc) is 2.68. The molecule has 3 aromatic rings. The second-order valence-electron chi connectivity index (χ2n) is 6.43. The Morgan fingerprint density at radius 1 is 1.14 bits per heavy atom. The number of fused-ring (bicyclic) bond motifs is 1. The molecule has 0 aliphatic rings. The molecule has 0 spiro atoms. The zero-order valence-corrected chi connectivity index (χ0v) is 16.1. The molecule has 0 atom stereocenters. The molecule has 28 heavy (non-hydrogen) atoms. The molecule has 0 amide bonds. The smallest absolute Gasteiger partial charge is 0.344 e. The minimum absolute atomic E-state index is 0.131. The van der Waals surface area contributed by atoms with Crippen LogP contribution in [0.15, 0.2) is 38.8 Å². The van der Waals surface area contributed by atoms with Crippen molar-refractivity contribution in [3.63, 3.8) is 0 Å². The normalized spacial score (nSPS) is 11.0. The van der Waals surface area contributed by atoms with Gasteiger partial charge in [-0.25, -0.2) is 14.6 Å². The molecule has 0 saturated carbocycles. The van der Waals surface area contributed by atoms with Crippen molar-refractivity contribution in [3.8, 4) is 0 Å². The summed E-state index contributed by atoms with van der Waals surface area (Å²) < 4.78 is 9.08. The summed E-state index contributed by atoms with van der Waals surface area (Å²) in [5, 5.41) is 0.322. The number of aryl methyl sites for hydroxylation is 2. The molecule has 0 N–H and O–H groups in total. The first-order chi connectivity index (χ1) is 13.2. The molecule has 0 bridgehead atoms. The lowest BCUT2D eigenvalue weighted by Gasteiger charge is -2.12. The third-order valence-corrected chi connectivity index (χ3v) is 4.60. The van der Waals surface area contributed by atoms with Crippen molar-refractivity contribution >= 4 is 17.0 Å². The topological polar surface area (TPSA) is 105 Å². The van der Waals surface area contributed by atoms with Gasteiger partial charge in [0.1, 0.15) is 17.8 Å². The summed E-state index contributed by atoms with van der Waals surface area (Å²) in [5.74, 6) is -0.831. The second-order valence-corrected chi connectivity index (χ2v) is 6.43. The van der Waals surface area contributed by atoms with E-state index in [0.29, 0.717) is 17.6 Å². The third-order valence-electron chi connectivity index (χ3n) is 4.60. The number of ether oxygens (including phenoxy) is 1. The van der Waals surface area contributed by atoms with E-state index < -0.39 is 22.6 Å². The number of aromatic nitrogens is 4. The summed E-state index contributed by atoms with van der Waals surface area (Å²) in [7, 11) is 2.83. The predicted molar refractivity (Wildman–Crippen MR) is 102 cm³/mol. The Morgan fingerprint density at radius 2 is 1.86 bits per heavy atom. The second kappa shape index (κ2) is 7.26. The van der Waals surface area contributed by atoms with Crippen LogP contribution in [0.3, 0.4) is 0 Å². The molecule has 0 radical (unpaired) electrons. The van der Waals surface area contributed by atoms with E-state index in [9.17, 15) is 19.2 Å². The quantitative estimate of drug-likeness (QED) is 0.606. The Bertz CT molecular complexity index is 1270. The number of esters is 1. The van der Waals surface area contributed by atoms with Crippen molar-refractivity contribution in [2.45, 2.75) is 27.0 Å². The van der Waals surface area contributed by atoms with E-state index in [1.165, 1.54) is 30.9 Å². The van der Waals surface area contributed by atoms with Gasteiger partial charge in [0.05, 0.1) is 11.1 Å². The van der Waals surface area contributed by atoms with E-state index in [1.54, 1.807) is 16.7 Å².